The molecule has 136 valence electrons. The summed E-state index contributed by atoms with van der Waals surface area (Å²) in [6, 6.07) is 10.2. The molecule has 7 nitrogen and oxygen atoms in total. The molecular weight excluding hydrogens is 344 g/mol. The fourth-order valence-electron chi connectivity index (χ4n) is 1.97. The summed E-state index contributed by atoms with van der Waals surface area (Å²) in [7, 11) is -2.42. The molecule has 0 bridgehead atoms. The van der Waals surface area contributed by atoms with Crippen molar-refractivity contribution in [2.45, 2.75) is 24.3 Å². The number of aryl methyl sites for hydroxylation is 1. The summed E-state index contributed by atoms with van der Waals surface area (Å²) in [6.07, 6.45) is 2.88. The Labute approximate surface area is 147 Å². The van der Waals surface area contributed by atoms with E-state index in [9.17, 15) is 8.42 Å². The molecule has 1 saturated heterocycles. The zero-order chi connectivity index (χ0) is 18.3. The molecule has 0 aliphatic carbocycles. The van der Waals surface area contributed by atoms with Gasteiger partial charge in [0.25, 0.3) is 10.1 Å². The van der Waals surface area contributed by atoms with Crippen molar-refractivity contribution in [3.8, 4) is 11.6 Å². The van der Waals surface area contributed by atoms with E-state index in [-0.39, 0.29) is 4.90 Å². The van der Waals surface area contributed by atoms with Gasteiger partial charge in [-0.05, 0) is 38.1 Å². The topological polar surface area (TPSA) is 97.8 Å². The van der Waals surface area contributed by atoms with Crippen LogP contribution in [0.2, 0.25) is 0 Å². The van der Waals surface area contributed by atoms with Gasteiger partial charge in [0, 0.05) is 12.1 Å². The summed E-state index contributed by atoms with van der Waals surface area (Å²) in [6.45, 7) is 3.66. The van der Waals surface area contributed by atoms with E-state index < -0.39 is 10.1 Å². The van der Waals surface area contributed by atoms with Crippen LogP contribution in [0.3, 0.4) is 0 Å². The molecule has 3 rings (SSSR count). The second kappa shape index (κ2) is 8.80. The average molecular weight is 366 g/mol. The Morgan fingerprint density at radius 3 is 2.36 bits per heavy atom. The van der Waals surface area contributed by atoms with E-state index in [1.807, 2.05) is 13.0 Å². The first-order valence-electron chi connectivity index (χ1n) is 7.79. The highest BCUT2D eigenvalue weighted by Gasteiger charge is 2.16. The third kappa shape index (κ3) is 6.33. The van der Waals surface area contributed by atoms with E-state index in [4.69, 9.17) is 14.0 Å². The van der Waals surface area contributed by atoms with Crippen LogP contribution in [0.25, 0.3) is 0 Å². The minimum atomic E-state index is -4.02. The Balaban J connectivity index is 0.000000186. The third-order valence-electron chi connectivity index (χ3n) is 3.61. The number of pyridine rings is 1. The fourth-order valence-corrected chi connectivity index (χ4v) is 2.45. The molecule has 0 radical (unpaired) electrons. The molecule has 2 heterocycles. The molecule has 1 aliphatic heterocycles. The Kier molecular flexibility index (Phi) is 6.74. The van der Waals surface area contributed by atoms with Crippen LogP contribution in [0.4, 0.5) is 0 Å². The van der Waals surface area contributed by atoms with E-state index in [1.54, 1.807) is 31.5 Å². The smallest absolute Gasteiger partial charge is 0.294 e. The first-order chi connectivity index (χ1) is 11.9. The number of hydrogen-bond acceptors (Lipinski definition) is 6. The predicted octanol–water partition coefficient (Wildman–Crippen LogP) is 2.07. The van der Waals surface area contributed by atoms with Crippen LogP contribution >= 0.6 is 0 Å². The highest BCUT2D eigenvalue weighted by atomic mass is 32.2. The van der Waals surface area contributed by atoms with Crippen molar-refractivity contribution >= 4 is 10.1 Å². The van der Waals surface area contributed by atoms with Gasteiger partial charge in [-0.2, -0.15) is 8.42 Å². The summed E-state index contributed by atoms with van der Waals surface area (Å²) in [5.74, 6) is 1.40. The van der Waals surface area contributed by atoms with Crippen molar-refractivity contribution in [3.05, 3.63) is 48.2 Å². The molecule has 1 aliphatic rings. The highest BCUT2D eigenvalue weighted by molar-refractivity contribution is 7.85. The molecule has 1 atom stereocenters. The number of nitrogens with zero attached hydrogens (tertiary/aromatic N) is 1. The lowest BCUT2D eigenvalue weighted by molar-refractivity contribution is 0.216. The number of ether oxygens (including phenoxy) is 2. The van der Waals surface area contributed by atoms with E-state index in [0.717, 1.165) is 17.9 Å². The van der Waals surface area contributed by atoms with Crippen molar-refractivity contribution in [2.75, 3.05) is 20.3 Å². The summed E-state index contributed by atoms with van der Waals surface area (Å²) in [5.41, 5.74) is 0.956. The maximum absolute atomic E-state index is 10.5. The van der Waals surface area contributed by atoms with E-state index in [0.29, 0.717) is 18.5 Å². The van der Waals surface area contributed by atoms with Crippen LogP contribution in [-0.2, 0) is 10.1 Å². The maximum atomic E-state index is 10.5. The summed E-state index contributed by atoms with van der Waals surface area (Å²) < 4.78 is 40.0. The Bertz CT molecular complexity index is 757. The van der Waals surface area contributed by atoms with Crippen molar-refractivity contribution in [1.29, 1.82) is 0 Å². The Morgan fingerprint density at radius 2 is 1.92 bits per heavy atom. The van der Waals surface area contributed by atoms with Gasteiger partial charge >= 0.3 is 0 Å². The molecule has 1 aromatic heterocycles. The summed E-state index contributed by atoms with van der Waals surface area (Å²) in [5, 5.41) is 3.27. The fraction of sp³-hybridized carbons (Fsp3) is 0.353. The first kappa shape index (κ1) is 19.2. The standard InChI is InChI=1S/C10H14N2O2.C7H8O3S/c1-13-10-3-2-9(6-12-10)14-7-8-4-5-11-8;1-6-2-4-7(5-3-6)11(8,9)10/h2-3,6,8,11H,4-5,7H2,1H3;2-5H,1H3,(H,8,9,10)/t8-;/m1./s1. The van der Waals surface area contributed by atoms with Crippen LogP contribution in [0.15, 0.2) is 47.5 Å². The van der Waals surface area contributed by atoms with Crippen LogP contribution in [0.1, 0.15) is 12.0 Å². The molecule has 2 aromatic rings. The van der Waals surface area contributed by atoms with E-state index >= 15 is 0 Å². The molecule has 0 spiro atoms. The zero-order valence-electron chi connectivity index (χ0n) is 14.2. The normalized spacial score (nSPS) is 16.2. The van der Waals surface area contributed by atoms with Gasteiger partial charge in [0.15, 0.2) is 0 Å². The minimum Gasteiger partial charge on any atom is -0.490 e. The number of benzene rings is 1. The van der Waals surface area contributed by atoms with Crippen LogP contribution in [0, 0.1) is 6.92 Å². The van der Waals surface area contributed by atoms with Gasteiger partial charge in [-0.3, -0.25) is 4.55 Å². The second-order valence-corrected chi connectivity index (χ2v) is 7.00. The number of nitrogens with one attached hydrogen (secondary N) is 1. The molecule has 0 amide bonds. The monoisotopic (exact) mass is 366 g/mol. The largest absolute Gasteiger partial charge is 0.490 e. The Morgan fingerprint density at radius 1 is 1.24 bits per heavy atom. The van der Waals surface area contributed by atoms with Crippen molar-refractivity contribution in [2.24, 2.45) is 0 Å². The van der Waals surface area contributed by atoms with Crippen molar-refractivity contribution < 1.29 is 22.4 Å². The van der Waals surface area contributed by atoms with Crippen molar-refractivity contribution in [1.82, 2.24) is 10.3 Å². The number of hydrogen-bond donors (Lipinski definition) is 2. The molecular formula is C17H22N2O5S. The van der Waals surface area contributed by atoms with Gasteiger partial charge in [-0.25, -0.2) is 4.98 Å². The predicted molar refractivity (Wildman–Crippen MR) is 93.7 cm³/mol. The molecule has 1 fully saturated rings. The maximum Gasteiger partial charge on any atom is 0.294 e. The molecule has 0 unspecified atom stereocenters. The van der Waals surface area contributed by atoms with Crippen LogP contribution in [-0.4, -0.2) is 44.3 Å². The van der Waals surface area contributed by atoms with E-state index in [2.05, 4.69) is 10.3 Å². The lowest BCUT2D eigenvalue weighted by Crippen LogP contribution is -2.46. The van der Waals surface area contributed by atoms with Gasteiger partial charge in [0.2, 0.25) is 5.88 Å². The van der Waals surface area contributed by atoms with Crippen LogP contribution in [0.5, 0.6) is 11.6 Å². The van der Waals surface area contributed by atoms with Crippen molar-refractivity contribution in [3.63, 3.8) is 0 Å². The molecule has 1 aromatic carbocycles. The number of rotatable bonds is 5. The lowest BCUT2D eigenvalue weighted by atomic mass is 10.1. The minimum absolute atomic E-state index is 0.0666. The van der Waals surface area contributed by atoms with Gasteiger partial charge < -0.3 is 14.8 Å². The zero-order valence-corrected chi connectivity index (χ0v) is 15.0. The van der Waals surface area contributed by atoms with E-state index in [1.165, 1.54) is 18.6 Å². The highest BCUT2D eigenvalue weighted by Crippen LogP contribution is 2.14. The number of methoxy groups -OCH3 is 1. The molecule has 25 heavy (non-hydrogen) atoms. The SMILES string of the molecule is COc1ccc(OC[C@H]2CCN2)cn1.Cc1ccc(S(=O)(=O)O)cc1. The molecule has 8 heteroatoms. The van der Waals surface area contributed by atoms with Gasteiger partial charge in [0.1, 0.15) is 12.4 Å². The molecule has 0 saturated carbocycles. The molecule has 2 N–H and O–H groups in total. The summed E-state index contributed by atoms with van der Waals surface area (Å²) >= 11 is 0. The first-order valence-corrected chi connectivity index (χ1v) is 9.23. The quantitative estimate of drug-likeness (QED) is 0.782. The number of aromatic nitrogens is 1. The average Bonchev–Trinajstić information content (AvgIpc) is 2.54. The van der Waals surface area contributed by atoms with Crippen LogP contribution < -0.4 is 14.8 Å². The lowest BCUT2D eigenvalue weighted by Gasteiger charge is -2.27. The van der Waals surface area contributed by atoms with Gasteiger partial charge in [-0.15, -0.1) is 0 Å². The van der Waals surface area contributed by atoms with Gasteiger partial charge in [0.05, 0.1) is 18.2 Å². The van der Waals surface area contributed by atoms with Gasteiger partial charge in [-0.1, -0.05) is 17.7 Å². The Hall–Kier alpha value is -2.16. The second-order valence-electron chi connectivity index (χ2n) is 5.58. The summed E-state index contributed by atoms with van der Waals surface area (Å²) in [4.78, 5) is 3.98. The third-order valence-corrected chi connectivity index (χ3v) is 4.48.